The van der Waals surface area contributed by atoms with Crippen LogP contribution >= 0.6 is 11.3 Å². The van der Waals surface area contributed by atoms with E-state index >= 15 is 0 Å². The maximum Gasteiger partial charge on any atom is 0.251 e. The molecule has 0 saturated heterocycles. The molecule has 18 heavy (non-hydrogen) atoms. The fourth-order valence-electron chi connectivity index (χ4n) is 1.53. The van der Waals surface area contributed by atoms with Gasteiger partial charge in [-0.25, -0.2) is 0 Å². The summed E-state index contributed by atoms with van der Waals surface area (Å²) in [6, 6.07) is 7.53. The van der Waals surface area contributed by atoms with E-state index in [-0.39, 0.29) is 5.91 Å². The Kier molecular flexibility index (Phi) is 4.04. The van der Waals surface area contributed by atoms with Crippen molar-refractivity contribution in [3.05, 3.63) is 45.4 Å². The van der Waals surface area contributed by atoms with Crippen LogP contribution in [0.25, 0.3) is 0 Å². The Bertz CT molecular complexity index is 533. The maximum absolute atomic E-state index is 11.8. The second-order valence-electron chi connectivity index (χ2n) is 4.09. The lowest BCUT2D eigenvalue weighted by atomic mass is 10.1. The van der Waals surface area contributed by atoms with Crippen LogP contribution in [-0.2, 0) is 6.42 Å². The van der Waals surface area contributed by atoms with E-state index in [4.69, 9.17) is 0 Å². The van der Waals surface area contributed by atoms with Gasteiger partial charge in [0.1, 0.15) is 10.0 Å². The average Bonchev–Trinajstić information content (AvgIpc) is 2.76. The minimum absolute atomic E-state index is 0.0452. The molecule has 0 bridgehead atoms. The topological polar surface area (TPSA) is 54.9 Å². The Hall–Kier alpha value is -1.75. The number of hydrogen-bond donors (Lipinski definition) is 1. The predicted molar refractivity (Wildman–Crippen MR) is 71.9 cm³/mol. The van der Waals surface area contributed by atoms with Crippen molar-refractivity contribution < 1.29 is 4.79 Å². The second-order valence-corrected chi connectivity index (χ2v) is 5.35. The average molecular weight is 261 g/mol. The van der Waals surface area contributed by atoms with Gasteiger partial charge >= 0.3 is 0 Å². The standard InChI is InChI=1S/C13H15N3OS/c1-9-3-5-11(6-4-9)13(17)14-8-7-12-16-15-10(2)18-12/h3-6H,7-8H2,1-2H3,(H,14,17). The van der Waals surface area contributed by atoms with Crippen molar-refractivity contribution in [3.63, 3.8) is 0 Å². The highest BCUT2D eigenvalue weighted by Crippen LogP contribution is 2.08. The van der Waals surface area contributed by atoms with Crippen molar-refractivity contribution in [1.82, 2.24) is 15.5 Å². The molecule has 0 radical (unpaired) electrons. The van der Waals surface area contributed by atoms with Crippen molar-refractivity contribution in [2.24, 2.45) is 0 Å². The van der Waals surface area contributed by atoms with Crippen molar-refractivity contribution in [2.45, 2.75) is 20.3 Å². The first-order valence-electron chi connectivity index (χ1n) is 5.79. The van der Waals surface area contributed by atoms with Gasteiger partial charge in [0.25, 0.3) is 5.91 Å². The van der Waals surface area contributed by atoms with E-state index < -0.39 is 0 Å². The summed E-state index contributed by atoms with van der Waals surface area (Å²) in [7, 11) is 0. The molecule has 1 N–H and O–H groups in total. The Morgan fingerprint density at radius 1 is 1.22 bits per heavy atom. The van der Waals surface area contributed by atoms with Crippen molar-refractivity contribution in [3.8, 4) is 0 Å². The molecular weight excluding hydrogens is 246 g/mol. The van der Waals surface area contributed by atoms with Crippen LogP contribution in [0.2, 0.25) is 0 Å². The van der Waals surface area contributed by atoms with E-state index in [0.29, 0.717) is 12.1 Å². The van der Waals surface area contributed by atoms with Crippen LogP contribution in [-0.4, -0.2) is 22.6 Å². The Morgan fingerprint density at radius 3 is 2.56 bits per heavy atom. The Balaban J connectivity index is 1.83. The van der Waals surface area contributed by atoms with Crippen LogP contribution in [0.3, 0.4) is 0 Å². The van der Waals surface area contributed by atoms with E-state index in [1.165, 1.54) is 0 Å². The maximum atomic E-state index is 11.8. The van der Waals surface area contributed by atoms with Crippen molar-refractivity contribution in [2.75, 3.05) is 6.54 Å². The number of amides is 1. The van der Waals surface area contributed by atoms with Crippen LogP contribution in [0.5, 0.6) is 0 Å². The van der Waals surface area contributed by atoms with Gasteiger partial charge in [-0.3, -0.25) is 4.79 Å². The lowest BCUT2D eigenvalue weighted by Gasteiger charge is -2.03. The third kappa shape index (κ3) is 3.37. The Labute approximate surface area is 110 Å². The van der Waals surface area contributed by atoms with Gasteiger partial charge in [-0.2, -0.15) is 0 Å². The number of aromatic nitrogens is 2. The third-order valence-electron chi connectivity index (χ3n) is 2.51. The number of aryl methyl sites for hydroxylation is 2. The minimum Gasteiger partial charge on any atom is -0.352 e. The van der Waals surface area contributed by atoms with Crippen LogP contribution in [0.15, 0.2) is 24.3 Å². The molecule has 2 aromatic rings. The lowest BCUT2D eigenvalue weighted by Crippen LogP contribution is -2.25. The fraction of sp³-hybridized carbons (Fsp3) is 0.308. The molecule has 94 valence electrons. The summed E-state index contributed by atoms with van der Waals surface area (Å²) in [4.78, 5) is 11.8. The molecule has 5 heteroatoms. The SMILES string of the molecule is Cc1ccc(C(=O)NCCc2nnc(C)s2)cc1. The number of nitrogens with one attached hydrogen (secondary N) is 1. The molecule has 1 aromatic heterocycles. The molecule has 1 amide bonds. The molecule has 0 aliphatic carbocycles. The smallest absolute Gasteiger partial charge is 0.251 e. The van der Waals surface area contributed by atoms with Gasteiger partial charge in [0, 0.05) is 18.5 Å². The lowest BCUT2D eigenvalue weighted by molar-refractivity contribution is 0.0954. The van der Waals surface area contributed by atoms with Crippen LogP contribution in [0, 0.1) is 13.8 Å². The molecule has 2 rings (SSSR count). The highest BCUT2D eigenvalue weighted by Gasteiger charge is 2.05. The molecular formula is C13H15N3OS. The number of benzene rings is 1. The molecule has 0 unspecified atom stereocenters. The van der Waals surface area contributed by atoms with Gasteiger partial charge in [0.15, 0.2) is 0 Å². The summed E-state index contributed by atoms with van der Waals surface area (Å²) in [5.74, 6) is -0.0452. The first-order valence-corrected chi connectivity index (χ1v) is 6.60. The largest absolute Gasteiger partial charge is 0.352 e. The van der Waals surface area contributed by atoms with Gasteiger partial charge in [-0.1, -0.05) is 17.7 Å². The van der Waals surface area contributed by atoms with E-state index in [0.717, 1.165) is 22.0 Å². The summed E-state index contributed by atoms with van der Waals surface area (Å²) in [5.41, 5.74) is 1.84. The molecule has 0 spiro atoms. The summed E-state index contributed by atoms with van der Waals surface area (Å²) >= 11 is 1.56. The summed E-state index contributed by atoms with van der Waals surface area (Å²) in [6.45, 7) is 4.51. The molecule has 0 saturated carbocycles. The molecule has 4 nitrogen and oxygen atoms in total. The molecule has 1 heterocycles. The summed E-state index contributed by atoms with van der Waals surface area (Å²) < 4.78 is 0. The van der Waals surface area contributed by atoms with E-state index in [1.54, 1.807) is 11.3 Å². The zero-order valence-corrected chi connectivity index (χ0v) is 11.3. The van der Waals surface area contributed by atoms with Crippen LogP contribution in [0.4, 0.5) is 0 Å². The third-order valence-corrected chi connectivity index (χ3v) is 3.40. The molecule has 1 aromatic carbocycles. The van der Waals surface area contributed by atoms with Gasteiger partial charge < -0.3 is 5.32 Å². The van der Waals surface area contributed by atoms with Gasteiger partial charge in [0.2, 0.25) is 0 Å². The molecule has 0 atom stereocenters. The molecule has 0 aliphatic heterocycles. The number of carbonyl (C=O) groups excluding carboxylic acids is 1. The minimum atomic E-state index is -0.0452. The highest BCUT2D eigenvalue weighted by atomic mass is 32.1. The zero-order chi connectivity index (χ0) is 13.0. The fourth-order valence-corrected chi connectivity index (χ4v) is 2.24. The monoisotopic (exact) mass is 261 g/mol. The van der Waals surface area contributed by atoms with Crippen molar-refractivity contribution in [1.29, 1.82) is 0 Å². The summed E-state index contributed by atoms with van der Waals surface area (Å²) in [6.07, 6.45) is 0.725. The number of nitrogens with zero attached hydrogens (tertiary/aromatic N) is 2. The van der Waals surface area contributed by atoms with Crippen molar-refractivity contribution >= 4 is 17.2 Å². The first-order chi connectivity index (χ1) is 8.65. The van der Waals surface area contributed by atoms with E-state index in [2.05, 4.69) is 15.5 Å². The van der Waals surface area contributed by atoms with Crippen LogP contribution in [0.1, 0.15) is 25.9 Å². The Morgan fingerprint density at radius 2 is 1.94 bits per heavy atom. The van der Waals surface area contributed by atoms with E-state index in [9.17, 15) is 4.79 Å². The number of carbonyl (C=O) groups is 1. The first kappa shape index (κ1) is 12.7. The number of hydrogen-bond acceptors (Lipinski definition) is 4. The molecule has 0 fully saturated rings. The van der Waals surface area contributed by atoms with Gasteiger partial charge in [-0.05, 0) is 26.0 Å². The zero-order valence-electron chi connectivity index (χ0n) is 10.4. The normalized spacial score (nSPS) is 10.3. The predicted octanol–water partition coefficient (Wildman–Crippen LogP) is 2.13. The van der Waals surface area contributed by atoms with E-state index in [1.807, 2.05) is 38.1 Å². The summed E-state index contributed by atoms with van der Waals surface area (Å²) in [5, 5.41) is 12.7. The second kappa shape index (κ2) is 5.73. The van der Waals surface area contributed by atoms with Crippen LogP contribution < -0.4 is 5.32 Å². The quantitative estimate of drug-likeness (QED) is 0.917. The van der Waals surface area contributed by atoms with Gasteiger partial charge in [0.05, 0.1) is 0 Å². The molecule has 0 aliphatic rings. The number of rotatable bonds is 4. The van der Waals surface area contributed by atoms with Gasteiger partial charge in [-0.15, -0.1) is 21.5 Å². The highest BCUT2D eigenvalue weighted by molar-refractivity contribution is 7.11.